The minimum absolute atomic E-state index is 0.191. The Morgan fingerprint density at radius 1 is 1.33 bits per heavy atom. The maximum atomic E-state index is 11.9. The Bertz CT molecular complexity index is 470. The standard InChI is InChI=1S/C13H16N2O3/c1-13(2)9(10(13)12(17)18)11(16)15-7-8-3-5-14-6-4-8/h3-6,9-10H,7H2,1-2H3,(H,15,16)(H,17,18). The number of hydrogen-bond donors (Lipinski definition) is 2. The molecule has 0 spiro atoms. The average molecular weight is 248 g/mol. The zero-order valence-electron chi connectivity index (χ0n) is 10.4. The monoisotopic (exact) mass is 248 g/mol. The van der Waals surface area contributed by atoms with Crippen molar-refractivity contribution in [3.8, 4) is 0 Å². The lowest BCUT2D eigenvalue weighted by molar-refractivity contribution is -0.140. The van der Waals surface area contributed by atoms with Crippen molar-refractivity contribution in [2.45, 2.75) is 20.4 Å². The molecule has 5 heteroatoms. The van der Waals surface area contributed by atoms with E-state index in [-0.39, 0.29) is 5.91 Å². The van der Waals surface area contributed by atoms with Crippen molar-refractivity contribution in [1.29, 1.82) is 0 Å². The summed E-state index contributed by atoms with van der Waals surface area (Å²) in [6.45, 7) is 4.02. The normalized spacial score (nSPS) is 24.3. The number of aliphatic carboxylic acids is 1. The fourth-order valence-corrected chi connectivity index (χ4v) is 2.39. The second-order valence-corrected chi connectivity index (χ2v) is 5.19. The van der Waals surface area contributed by atoms with E-state index in [2.05, 4.69) is 10.3 Å². The van der Waals surface area contributed by atoms with Crippen LogP contribution in [0.1, 0.15) is 19.4 Å². The summed E-state index contributed by atoms with van der Waals surface area (Å²) in [6, 6.07) is 3.62. The fourth-order valence-electron chi connectivity index (χ4n) is 2.39. The minimum Gasteiger partial charge on any atom is -0.481 e. The predicted octanol–water partition coefficient (Wildman–Crippen LogP) is 1.05. The van der Waals surface area contributed by atoms with Gasteiger partial charge in [-0.3, -0.25) is 14.6 Å². The SMILES string of the molecule is CC1(C)C(C(=O)O)C1C(=O)NCc1ccncc1. The highest BCUT2D eigenvalue weighted by atomic mass is 16.4. The molecule has 1 aromatic rings. The Kier molecular flexibility index (Phi) is 3.07. The van der Waals surface area contributed by atoms with Gasteiger partial charge in [0.15, 0.2) is 0 Å². The molecule has 1 aliphatic rings. The Balaban J connectivity index is 1.93. The van der Waals surface area contributed by atoms with E-state index in [1.807, 2.05) is 26.0 Å². The van der Waals surface area contributed by atoms with Crippen LogP contribution in [-0.4, -0.2) is 22.0 Å². The molecule has 1 aliphatic carbocycles. The topological polar surface area (TPSA) is 79.3 Å². The summed E-state index contributed by atoms with van der Waals surface area (Å²) < 4.78 is 0. The van der Waals surface area contributed by atoms with Crippen LogP contribution in [0.3, 0.4) is 0 Å². The second kappa shape index (κ2) is 4.40. The highest BCUT2D eigenvalue weighted by Crippen LogP contribution is 2.58. The molecule has 1 saturated carbocycles. The van der Waals surface area contributed by atoms with Crippen LogP contribution in [0.25, 0.3) is 0 Å². The van der Waals surface area contributed by atoms with Crippen LogP contribution < -0.4 is 5.32 Å². The summed E-state index contributed by atoms with van der Waals surface area (Å²) in [5.74, 6) is -2.10. The highest BCUT2D eigenvalue weighted by Gasteiger charge is 2.65. The van der Waals surface area contributed by atoms with Gasteiger partial charge < -0.3 is 10.4 Å². The van der Waals surface area contributed by atoms with E-state index >= 15 is 0 Å². The van der Waals surface area contributed by atoms with Crippen molar-refractivity contribution in [2.75, 3.05) is 0 Å². The molecule has 1 aromatic heterocycles. The fraction of sp³-hybridized carbons (Fsp3) is 0.462. The van der Waals surface area contributed by atoms with Crippen molar-refractivity contribution in [3.63, 3.8) is 0 Å². The van der Waals surface area contributed by atoms with Crippen molar-refractivity contribution < 1.29 is 14.7 Å². The summed E-state index contributed by atoms with van der Waals surface area (Å²) in [5.41, 5.74) is 0.498. The van der Waals surface area contributed by atoms with Gasteiger partial charge in [-0.25, -0.2) is 0 Å². The van der Waals surface area contributed by atoms with E-state index in [1.165, 1.54) is 0 Å². The molecule has 1 heterocycles. The molecular formula is C13H16N2O3. The van der Waals surface area contributed by atoms with E-state index in [9.17, 15) is 9.59 Å². The van der Waals surface area contributed by atoms with E-state index in [0.29, 0.717) is 6.54 Å². The Hall–Kier alpha value is -1.91. The van der Waals surface area contributed by atoms with Gasteiger partial charge in [-0.05, 0) is 23.1 Å². The molecule has 2 atom stereocenters. The van der Waals surface area contributed by atoms with Gasteiger partial charge in [0.05, 0.1) is 11.8 Å². The smallest absolute Gasteiger partial charge is 0.307 e. The van der Waals surface area contributed by atoms with Crippen LogP contribution in [0.15, 0.2) is 24.5 Å². The number of carboxylic acid groups (broad SMARTS) is 1. The van der Waals surface area contributed by atoms with Gasteiger partial charge in [-0.15, -0.1) is 0 Å². The van der Waals surface area contributed by atoms with Crippen LogP contribution in [0.2, 0.25) is 0 Å². The summed E-state index contributed by atoms with van der Waals surface area (Å²) in [6.07, 6.45) is 3.31. The lowest BCUT2D eigenvalue weighted by Gasteiger charge is -2.05. The number of hydrogen-bond acceptors (Lipinski definition) is 3. The van der Waals surface area contributed by atoms with Gasteiger partial charge in [-0.2, -0.15) is 0 Å². The molecular weight excluding hydrogens is 232 g/mol. The van der Waals surface area contributed by atoms with Crippen LogP contribution in [-0.2, 0) is 16.1 Å². The van der Waals surface area contributed by atoms with Crippen molar-refractivity contribution >= 4 is 11.9 Å². The average Bonchev–Trinajstić information content (AvgIpc) is 2.91. The number of amides is 1. The van der Waals surface area contributed by atoms with Crippen LogP contribution in [0, 0.1) is 17.3 Å². The van der Waals surface area contributed by atoms with E-state index in [0.717, 1.165) is 5.56 Å². The van der Waals surface area contributed by atoms with Crippen LogP contribution in [0.4, 0.5) is 0 Å². The number of nitrogens with zero attached hydrogens (tertiary/aromatic N) is 1. The van der Waals surface area contributed by atoms with Gasteiger partial charge in [-0.1, -0.05) is 13.8 Å². The molecule has 0 saturated heterocycles. The third kappa shape index (κ3) is 2.20. The number of rotatable bonds is 4. The first-order valence-corrected chi connectivity index (χ1v) is 5.84. The quantitative estimate of drug-likeness (QED) is 0.834. The lowest BCUT2D eigenvalue weighted by atomic mass is 10.1. The second-order valence-electron chi connectivity index (χ2n) is 5.19. The van der Waals surface area contributed by atoms with Crippen molar-refractivity contribution in [1.82, 2.24) is 10.3 Å². The van der Waals surface area contributed by atoms with Gasteiger partial charge in [0.25, 0.3) is 0 Å². The molecule has 1 fully saturated rings. The lowest BCUT2D eigenvalue weighted by Crippen LogP contribution is -2.26. The van der Waals surface area contributed by atoms with Gasteiger partial charge in [0, 0.05) is 18.9 Å². The Labute approximate surface area is 105 Å². The maximum Gasteiger partial charge on any atom is 0.307 e. The molecule has 0 aromatic carbocycles. The van der Waals surface area contributed by atoms with Crippen LogP contribution in [0.5, 0.6) is 0 Å². The first kappa shape index (κ1) is 12.5. The highest BCUT2D eigenvalue weighted by molar-refractivity contribution is 5.91. The maximum absolute atomic E-state index is 11.9. The molecule has 0 radical (unpaired) electrons. The largest absolute Gasteiger partial charge is 0.481 e. The van der Waals surface area contributed by atoms with Crippen LogP contribution >= 0.6 is 0 Å². The zero-order valence-corrected chi connectivity index (χ0v) is 10.4. The summed E-state index contributed by atoms with van der Waals surface area (Å²) in [5, 5.41) is 11.8. The van der Waals surface area contributed by atoms with E-state index < -0.39 is 23.2 Å². The van der Waals surface area contributed by atoms with Crippen molar-refractivity contribution in [2.24, 2.45) is 17.3 Å². The molecule has 2 rings (SSSR count). The Morgan fingerprint density at radius 3 is 2.44 bits per heavy atom. The molecule has 0 aliphatic heterocycles. The number of pyridine rings is 1. The molecule has 5 nitrogen and oxygen atoms in total. The van der Waals surface area contributed by atoms with Gasteiger partial charge in [0.1, 0.15) is 0 Å². The summed E-state index contributed by atoms with van der Waals surface area (Å²) in [4.78, 5) is 26.8. The molecule has 2 unspecified atom stereocenters. The number of carbonyl (C=O) groups is 2. The van der Waals surface area contributed by atoms with E-state index in [4.69, 9.17) is 5.11 Å². The molecule has 96 valence electrons. The third-order valence-electron chi connectivity index (χ3n) is 3.59. The number of carboxylic acids is 1. The molecule has 18 heavy (non-hydrogen) atoms. The summed E-state index contributed by atoms with van der Waals surface area (Å²) >= 11 is 0. The minimum atomic E-state index is -0.899. The molecule has 2 N–H and O–H groups in total. The van der Waals surface area contributed by atoms with E-state index in [1.54, 1.807) is 12.4 Å². The van der Waals surface area contributed by atoms with Gasteiger partial charge in [0.2, 0.25) is 5.91 Å². The molecule has 0 bridgehead atoms. The number of carbonyl (C=O) groups excluding carboxylic acids is 1. The first-order chi connectivity index (χ1) is 8.44. The predicted molar refractivity (Wildman–Crippen MR) is 64.5 cm³/mol. The number of aromatic nitrogens is 1. The number of nitrogens with one attached hydrogen (secondary N) is 1. The zero-order chi connectivity index (χ0) is 13.3. The third-order valence-corrected chi connectivity index (χ3v) is 3.59. The summed E-state index contributed by atoms with van der Waals surface area (Å²) in [7, 11) is 0. The molecule has 1 amide bonds. The Morgan fingerprint density at radius 2 is 1.94 bits per heavy atom. The first-order valence-electron chi connectivity index (χ1n) is 5.84. The van der Waals surface area contributed by atoms with Gasteiger partial charge >= 0.3 is 5.97 Å². The van der Waals surface area contributed by atoms with Crippen molar-refractivity contribution in [3.05, 3.63) is 30.1 Å².